The number of likely N-dealkylation sites (tertiary alicyclic amines) is 1. The number of fused-ring (bicyclic) bond motifs is 5. The summed E-state index contributed by atoms with van der Waals surface area (Å²) >= 11 is 0. The molecule has 4 aromatic rings. The van der Waals surface area contributed by atoms with Gasteiger partial charge in [-0.1, -0.05) is 24.1 Å². The predicted octanol–water partition coefficient (Wildman–Crippen LogP) is 5.08. The summed E-state index contributed by atoms with van der Waals surface area (Å²) in [5.74, 6) is 4.18. The third-order valence-corrected chi connectivity index (χ3v) is 11.5. The minimum absolute atomic E-state index is 0.0393. The average Bonchev–Trinajstić information content (AvgIpc) is 3.42. The fraction of sp³-hybridized carbons (Fsp3) is 0.474. The largest absolute Gasteiger partial charge is 0.508 e. The third kappa shape index (κ3) is 5.18. The smallest absolute Gasteiger partial charge is 0.319 e. The molecule has 5 aliphatic rings. The van der Waals surface area contributed by atoms with Gasteiger partial charge in [-0.25, -0.2) is 4.39 Å². The maximum absolute atomic E-state index is 16.9. The molecule has 3 aliphatic heterocycles. The van der Waals surface area contributed by atoms with Crippen molar-refractivity contribution in [2.75, 3.05) is 44.2 Å². The molecule has 4 unspecified atom stereocenters. The number of benzene rings is 3. The van der Waals surface area contributed by atoms with Gasteiger partial charge in [0.1, 0.15) is 17.1 Å². The zero-order valence-corrected chi connectivity index (χ0v) is 26.5. The van der Waals surface area contributed by atoms with E-state index < -0.39 is 5.82 Å². The number of aliphatic hydroxyl groups excluding tert-OH is 1. The van der Waals surface area contributed by atoms with E-state index in [9.17, 15) is 10.2 Å². The van der Waals surface area contributed by atoms with E-state index in [1.165, 1.54) is 0 Å². The monoisotopic (exact) mass is 633 g/mol. The number of anilines is 1. The van der Waals surface area contributed by atoms with Crippen molar-refractivity contribution in [3.63, 3.8) is 0 Å². The zero-order chi connectivity index (χ0) is 31.9. The second kappa shape index (κ2) is 11.0. The number of nitrogens with zero attached hydrogens (tertiary/aromatic N) is 4. The first-order valence-corrected chi connectivity index (χ1v) is 17.1. The van der Waals surface area contributed by atoms with Gasteiger partial charge in [-0.05, 0) is 85.6 Å². The van der Waals surface area contributed by atoms with Crippen LogP contribution in [-0.4, -0.2) is 82.6 Å². The summed E-state index contributed by atoms with van der Waals surface area (Å²) in [6.45, 7) is 5.14. The van der Waals surface area contributed by atoms with Gasteiger partial charge < -0.3 is 30.1 Å². The highest BCUT2D eigenvalue weighted by atomic mass is 19.1. The maximum Gasteiger partial charge on any atom is 0.319 e. The van der Waals surface area contributed by atoms with E-state index in [-0.39, 0.29) is 28.8 Å². The van der Waals surface area contributed by atoms with Gasteiger partial charge in [-0.2, -0.15) is 9.97 Å². The number of piperazine rings is 1. The number of hydrogen-bond acceptors (Lipinski definition) is 8. The van der Waals surface area contributed by atoms with Crippen molar-refractivity contribution in [2.45, 2.75) is 56.7 Å². The Morgan fingerprint density at radius 1 is 1.00 bits per heavy atom. The van der Waals surface area contributed by atoms with Crippen LogP contribution in [0.5, 0.6) is 11.8 Å². The second-order valence-electron chi connectivity index (χ2n) is 14.9. The van der Waals surface area contributed by atoms with Crippen LogP contribution in [0.25, 0.3) is 32.8 Å². The first kappa shape index (κ1) is 29.2. The van der Waals surface area contributed by atoms with Crippen molar-refractivity contribution >= 4 is 27.5 Å². The molecule has 3 aromatic carbocycles. The summed E-state index contributed by atoms with van der Waals surface area (Å²) in [6.07, 6.45) is 12.0. The summed E-state index contributed by atoms with van der Waals surface area (Å²) in [6, 6.07) is 13.4. The molecular formula is C38H40FN5O3. The van der Waals surface area contributed by atoms with E-state index in [1.54, 1.807) is 18.2 Å². The molecule has 2 saturated carbocycles. The maximum atomic E-state index is 16.9. The number of terminal acetylenes is 1. The number of aromatic hydroxyl groups is 1. The third-order valence-electron chi connectivity index (χ3n) is 11.5. The van der Waals surface area contributed by atoms with Crippen LogP contribution in [0.15, 0.2) is 42.5 Å². The van der Waals surface area contributed by atoms with Gasteiger partial charge in [-0.15, -0.1) is 6.42 Å². The Hall–Kier alpha value is -3.97. The van der Waals surface area contributed by atoms with Crippen molar-refractivity contribution in [3.8, 4) is 35.2 Å². The summed E-state index contributed by atoms with van der Waals surface area (Å²) in [5.41, 5.74) is 1.74. The van der Waals surface area contributed by atoms with Crippen molar-refractivity contribution in [1.82, 2.24) is 20.2 Å². The Balaban J connectivity index is 1.08. The number of halogens is 1. The Morgan fingerprint density at radius 2 is 1.77 bits per heavy atom. The van der Waals surface area contributed by atoms with E-state index in [2.05, 4.69) is 21.0 Å². The second-order valence-corrected chi connectivity index (χ2v) is 14.9. The molecule has 9 rings (SSSR count). The van der Waals surface area contributed by atoms with Gasteiger partial charge in [0, 0.05) is 72.1 Å². The molecule has 9 heteroatoms. The van der Waals surface area contributed by atoms with Crippen molar-refractivity contribution in [3.05, 3.63) is 53.8 Å². The first-order valence-electron chi connectivity index (χ1n) is 17.1. The van der Waals surface area contributed by atoms with Crippen LogP contribution in [0.1, 0.15) is 44.1 Å². The van der Waals surface area contributed by atoms with Gasteiger partial charge in [0.25, 0.3) is 0 Å². The van der Waals surface area contributed by atoms with Crippen LogP contribution in [0, 0.1) is 35.4 Å². The number of aliphatic hydroxyl groups is 1. The topological polar surface area (TPSA) is 94.0 Å². The molecule has 1 aromatic heterocycles. The fourth-order valence-electron chi connectivity index (χ4n) is 9.07. The Kier molecular flexibility index (Phi) is 6.86. The Morgan fingerprint density at radius 3 is 2.49 bits per heavy atom. The van der Waals surface area contributed by atoms with Crippen molar-refractivity contribution < 1.29 is 19.3 Å². The average molecular weight is 634 g/mol. The lowest BCUT2D eigenvalue weighted by molar-refractivity contribution is 0.142. The fourth-order valence-corrected chi connectivity index (χ4v) is 9.07. The number of phenols is 1. The molecule has 3 saturated heterocycles. The number of hydrogen-bond donors (Lipinski definition) is 3. The quantitative estimate of drug-likeness (QED) is 0.243. The summed E-state index contributed by atoms with van der Waals surface area (Å²) in [4.78, 5) is 14.5. The first-order chi connectivity index (χ1) is 22.8. The lowest BCUT2D eigenvalue weighted by atomic mass is 9.93. The molecule has 242 valence electrons. The molecule has 2 aliphatic carbocycles. The molecule has 8 nitrogen and oxygen atoms in total. The molecule has 2 bridgehead atoms. The highest BCUT2D eigenvalue weighted by Crippen LogP contribution is 2.49. The van der Waals surface area contributed by atoms with E-state index in [0.717, 1.165) is 76.6 Å². The molecule has 3 N–H and O–H groups in total. The van der Waals surface area contributed by atoms with E-state index in [1.807, 2.05) is 24.3 Å². The van der Waals surface area contributed by atoms with Gasteiger partial charge in [-0.3, -0.25) is 0 Å². The summed E-state index contributed by atoms with van der Waals surface area (Å²) in [7, 11) is 0. The number of aromatic nitrogens is 2. The number of ether oxygens (including phenoxy) is 1. The summed E-state index contributed by atoms with van der Waals surface area (Å²) in [5, 5.41) is 26.5. The molecule has 5 fully saturated rings. The van der Waals surface area contributed by atoms with Crippen LogP contribution >= 0.6 is 0 Å². The normalized spacial score (nSPS) is 27.8. The van der Waals surface area contributed by atoms with E-state index >= 15 is 4.39 Å². The molecular weight excluding hydrogens is 593 g/mol. The molecule has 0 spiro atoms. The van der Waals surface area contributed by atoms with Gasteiger partial charge in [0.2, 0.25) is 0 Å². The minimum Gasteiger partial charge on any atom is -0.508 e. The highest BCUT2D eigenvalue weighted by molar-refractivity contribution is 6.04. The van der Waals surface area contributed by atoms with Crippen molar-refractivity contribution in [1.29, 1.82) is 0 Å². The lowest BCUT2D eigenvalue weighted by Gasteiger charge is -2.34. The summed E-state index contributed by atoms with van der Waals surface area (Å²) < 4.78 is 23.3. The molecule has 4 heterocycles. The van der Waals surface area contributed by atoms with Crippen LogP contribution in [0.3, 0.4) is 0 Å². The minimum atomic E-state index is -0.486. The van der Waals surface area contributed by atoms with Crippen molar-refractivity contribution in [2.24, 2.45) is 17.3 Å². The number of rotatable bonds is 7. The number of phenolic OH excluding ortho intramolecular Hbond substituents is 1. The number of nitrogens with one attached hydrogen (secondary N) is 1. The van der Waals surface area contributed by atoms with Crippen LogP contribution < -0.4 is 15.0 Å². The molecule has 47 heavy (non-hydrogen) atoms. The molecule has 0 radical (unpaired) electrons. The standard InChI is InChI=1S/C38H40FN5O3/c1-2-22-4-3-5-23-12-29(46)15-32(33(22)23)30-8-9-31-35(34(30)39)41-37(42-36(31)44-18-26-6-7-27(19-44)40-26)47-21-38(10-11-38)20-43-16-24-13-28(45)14-25(24)17-43/h1,3-5,8-9,12,15,24-28,40,45-46H,6-7,10-11,13-14,16-21H2. The lowest BCUT2D eigenvalue weighted by Crippen LogP contribution is -2.51. The Bertz CT molecular complexity index is 1910. The molecule has 0 amide bonds. The van der Waals surface area contributed by atoms with E-state index in [0.29, 0.717) is 63.8 Å². The van der Waals surface area contributed by atoms with Crippen LogP contribution in [-0.2, 0) is 0 Å². The highest BCUT2D eigenvalue weighted by Gasteiger charge is 2.48. The SMILES string of the molecule is C#Cc1cccc2cc(O)cc(-c3ccc4c(N5CC6CCC(C5)N6)nc(OCC5(CN6CC7CC(O)CC7C6)CC5)nc4c3F)c12. The van der Waals surface area contributed by atoms with Gasteiger partial charge >= 0.3 is 6.01 Å². The van der Waals surface area contributed by atoms with E-state index in [4.69, 9.17) is 21.1 Å². The van der Waals surface area contributed by atoms with Crippen LogP contribution in [0.2, 0.25) is 0 Å². The van der Waals surface area contributed by atoms with Gasteiger partial charge in [0.05, 0.1) is 12.7 Å². The predicted molar refractivity (Wildman–Crippen MR) is 180 cm³/mol. The Labute approximate surface area is 273 Å². The van der Waals surface area contributed by atoms with Gasteiger partial charge in [0.15, 0.2) is 5.82 Å². The zero-order valence-electron chi connectivity index (χ0n) is 26.5. The molecule has 4 atom stereocenters. The van der Waals surface area contributed by atoms with Crippen LogP contribution in [0.4, 0.5) is 10.2 Å².